The van der Waals surface area contributed by atoms with Crippen molar-refractivity contribution in [2.24, 2.45) is 0 Å². The third-order valence-corrected chi connectivity index (χ3v) is 4.58. The molecule has 1 amide bonds. The van der Waals surface area contributed by atoms with Gasteiger partial charge in [-0.15, -0.1) is 11.3 Å². The number of hydrogen-bond acceptors (Lipinski definition) is 5. The minimum Gasteiger partial charge on any atom is -0.444 e. The highest BCUT2D eigenvalue weighted by Crippen LogP contribution is 2.30. The van der Waals surface area contributed by atoms with Crippen molar-refractivity contribution in [3.63, 3.8) is 0 Å². The summed E-state index contributed by atoms with van der Waals surface area (Å²) in [5.74, 6) is 1.46. The third kappa shape index (κ3) is 2.36. The summed E-state index contributed by atoms with van der Waals surface area (Å²) in [4.78, 5) is 19.7. The number of nitrogens with one attached hydrogen (secondary N) is 1. The molecule has 20 heavy (non-hydrogen) atoms. The molecule has 1 N–H and O–H groups in total. The molecule has 106 valence electrons. The Morgan fingerprint density at radius 3 is 3.15 bits per heavy atom. The van der Waals surface area contributed by atoms with Crippen LogP contribution in [-0.2, 0) is 17.8 Å². The third-order valence-electron chi connectivity index (χ3n) is 3.56. The SMILES string of the molecule is CNC1C(=O)N(Cc2cnc(C)o2)CCc2ccsc21. The Morgan fingerprint density at radius 1 is 1.60 bits per heavy atom. The van der Waals surface area contributed by atoms with Crippen LogP contribution in [0.5, 0.6) is 0 Å². The van der Waals surface area contributed by atoms with E-state index in [-0.39, 0.29) is 11.9 Å². The highest BCUT2D eigenvalue weighted by atomic mass is 32.1. The Kier molecular flexibility index (Phi) is 3.58. The predicted molar refractivity (Wildman–Crippen MR) is 76.5 cm³/mol. The van der Waals surface area contributed by atoms with Crippen LogP contribution in [0, 0.1) is 6.92 Å². The first kappa shape index (κ1) is 13.3. The van der Waals surface area contributed by atoms with Gasteiger partial charge in [0.05, 0.1) is 12.7 Å². The molecule has 3 heterocycles. The molecule has 1 aliphatic rings. The zero-order chi connectivity index (χ0) is 14.1. The van der Waals surface area contributed by atoms with E-state index in [2.05, 4.69) is 21.7 Å². The van der Waals surface area contributed by atoms with Crippen LogP contribution in [-0.4, -0.2) is 29.4 Å². The fourth-order valence-corrected chi connectivity index (χ4v) is 3.60. The van der Waals surface area contributed by atoms with Crippen LogP contribution in [0.4, 0.5) is 0 Å². The first-order chi connectivity index (χ1) is 9.69. The van der Waals surface area contributed by atoms with Crippen LogP contribution in [0.1, 0.15) is 28.1 Å². The summed E-state index contributed by atoms with van der Waals surface area (Å²) < 4.78 is 5.48. The standard InChI is InChI=1S/C14H17N3O2S/c1-9-16-7-11(19-9)8-17-5-3-10-4-6-20-13(10)12(15-2)14(17)18/h4,6-7,12,15H,3,5,8H2,1-2H3. The fourth-order valence-electron chi connectivity index (χ4n) is 2.55. The van der Waals surface area contributed by atoms with Crippen molar-refractivity contribution < 1.29 is 9.21 Å². The average Bonchev–Trinajstić information content (AvgIpc) is 3.02. The second kappa shape index (κ2) is 5.38. The molecule has 3 rings (SSSR count). The Morgan fingerprint density at radius 2 is 2.45 bits per heavy atom. The summed E-state index contributed by atoms with van der Waals surface area (Å²) in [6.45, 7) is 3.00. The number of aryl methyl sites for hydroxylation is 1. The molecule has 2 aromatic rings. The minimum atomic E-state index is -0.253. The van der Waals surface area contributed by atoms with Gasteiger partial charge in [-0.3, -0.25) is 4.79 Å². The lowest BCUT2D eigenvalue weighted by Crippen LogP contribution is -2.38. The maximum Gasteiger partial charge on any atom is 0.245 e. The van der Waals surface area contributed by atoms with E-state index in [0.29, 0.717) is 19.0 Å². The first-order valence-corrected chi connectivity index (χ1v) is 7.50. The number of hydrogen-bond donors (Lipinski definition) is 1. The van der Waals surface area contributed by atoms with E-state index in [1.807, 2.05) is 18.9 Å². The lowest BCUT2D eigenvalue weighted by atomic mass is 10.1. The zero-order valence-electron chi connectivity index (χ0n) is 11.5. The van der Waals surface area contributed by atoms with Gasteiger partial charge >= 0.3 is 0 Å². The van der Waals surface area contributed by atoms with Gasteiger partial charge in [0.15, 0.2) is 5.89 Å². The van der Waals surface area contributed by atoms with E-state index in [0.717, 1.165) is 17.1 Å². The van der Waals surface area contributed by atoms with Gasteiger partial charge in [-0.1, -0.05) is 0 Å². The van der Waals surface area contributed by atoms with Gasteiger partial charge in [-0.2, -0.15) is 0 Å². The summed E-state index contributed by atoms with van der Waals surface area (Å²) in [6.07, 6.45) is 2.58. The Hall–Kier alpha value is -1.66. The van der Waals surface area contributed by atoms with Crippen molar-refractivity contribution in [1.82, 2.24) is 15.2 Å². The summed E-state index contributed by atoms with van der Waals surface area (Å²) in [6, 6.07) is 1.86. The lowest BCUT2D eigenvalue weighted by molar-refractivity contribution is -0.134. The monoisotopic (exact) mass is 291 g/mol. The van der Waals surface area contributed by atoms with E-state index in [1.54, 1.807) is 17.5 Å². The van der Waals surface area contributed by atoms with Crippen LogP contribution in [0.15, 0.2) is 22.1 Å². The largest absolute Gasteiger partial charge is 0.444 e. The topological polar surface area (TPSA) is 58.4 Å². The Bertz CT molecular complexity index is 619. The van der Waals surface area contributed by atoms with Crippen LogP contribution in [0.25, 0.3) is 0 Å². The molecule has 0 radical (unpaired) electrons. The number of rotatable bonds is 3. The summed E-state index contributed by atoms with van der Waals surface area (Å²) in [7, 11) is 1.83. The zero-order valence-corrected chi connectivity index (χ0v) is 12.4. The van der Waals surface area contributed by atoms with Crippen molar-refractivity contribution in [1.29, 1.82) is 0 Å². The number of fused-ring (bicyclic) bond motifs is 1. The summed E-state index contributed by atoms with van der Waals surface area (Å²) in [5, 5.41) is 5.18. The van der Waals surface area contributed by atoms with E-state index >= 15 is 0 Å². The smallest absolute Gasteiger partial charge is 0.245 e. The van der Waals surface area contributed by atoms with E-state index in [4.69, 9.17) is 4.42 Å². The van der Waals surface area contributed by atoms with Crippen molar-refractivity contribution in [3.05, 3.63) is 39.7 Å². The molecule has 5 nitrogen and oxygen atoms in total. The number of carbonyl (C=O) groups is 1. The summed E-state index contributed by atoms with van der Waals surface area (Å²) >= 11 is 1.64. The van der Waals surface area contributed by atoms with Crippen LogP contribution < -0.4 is 5.32 Å². The second-order valence-corrected chi connectivity index (χ2v) is 5.83. The molecule has 0 aliphatic carbocycles. The van der Waals surface area contributed by atoms with Gasteiger partial charge in [-0.25, -0.2) is 4.98 Å². The van der Waals surface area contributed by atoms with Crippen molar-refractivity contribution in [3.8, 4) is 0 Å². The van der Waals surface area contributed by atoms with Crippen LogP contribution in [0.2, 0.25) is 0 Å². The molecule has 0 saturated carbocycles. The first-order valence-electron chi connectivity index (χ1n) is 6.62. The lowest BCUT2D eigenvalue weighted by Gasteiger charge is -2.23. The molecule has 1 atom stereocenters. The van der Waals surface area contributed by atoms with Crippen LogP contribution >= 0.6 is 11.3 Å². The quantitative estimate of drug-likeness (QED) is 0.938. The molecule has 1 unspecified atom stereocenters. The molecule has 2 aromatic heterocycles. The van der Waals surface area contributed by atoms with Gasteiger partial charge < -0.3 is 14.6 Å². The average molecular weight is 291 g/mol. The maximum atomic E-state index is 12.7. The van der Waals surface area contributed by atoms with Crippen molar-refractivity contribution in [2.45, 2.75) is 25.9 Å². The molecular weight excluding hydrogens is 274 g/mol. The Balaban J connectivity index is 1.84. The number of thiophene rings is 1. The summed E-state index contributed by atoms with van der Waals surface area (Å²) in [5.41, 5.74) is 1.26. The van der Waals surface area contributed by atoms with E-state index in [9.17, 15) is 4.79 Å². The molecule has 0 bridgehead atoms. The van der Waals surface area contributed by atoms with Gasteiger partial charge in [0.1, 0.15) is 11.8 Å². The van der Waals surface area contributed by atoms with Gasteiger partial charge in [0, 0.05) is 18.3 Å². The Labute approximate surface area is 121 Å². The number of aromatic nitrogens is 1. The molecular formula is C14H17N3O2S. The highest BCUT2D eigenvalue weighted by Gasteiger charge is 2.31. The molecule has 0 saturated heterocycles. The fraction of sp³-hybridized carbons (Fsp3) is 0.429. The molecule has 1 aliphatic heterocycles. The number of oxazole rings is 1. The van der Waals surface area contributed by atoms with E-state index in [1.165, 1.54) is 5.56 Å². The number of nitrogens with zero attached hydrogens (tertiary/aromatic N) is 2. The predicted octanol–water partition coefficient (Wildman–Crippen LogP) is 1.89. The van der Waals surface area contributed by atoms with Gasteiger partial charge in [0.2, 0.25) is 5.91 Å². The molecule has 6 heteroatoms. The number of carbonyl (C=O) groups excluding carboxylic acids is 1. The molecule has 0 spiro atoms. The number of amides is 1. The van der Waals surface area contributed by atoms with Crippen LogP contribution in [0.3, 0.4) is 0 Å². The van der Waals surface area contributed by atoms with E-state index < -0.39 is 0 Å². The highest BCUT2D eigenvalue weighted by molar-refractivity contribution is 7.10. The van der Waals surface area contributed by atoms with Gasteiger partial charge in [0.25, 0.3) is 0 Å². The second-order valence-electron chi connectivity index (χ2n) is 4.89. The van der Waals surface area contributed by atoms with Crippen molar-refractivity contribution in [2.75, 3.05) is 13.6 Å². The normalized spacial score (nSPS) is 19.0. The maximum absolute atomic E-state index is 12.7. The van der Waals surface area contributed by atoms with Crippen molar-refractivity contribution >= 4 is 17.2 Å². The minimum absolute atomic E-state index is 0.0998. The number of likely N-dealkylation sites (N-methyl/N-ethyl adjacent to an activating group) is 1. The molecule has 0 aromatic carbocycles. The van der Waals surface area contributed by atoms with Gasteiger partial charge in [-0.05, 0) is 30.5 Å². The molecule has 0 fully saturated rings.